The molecule has 0 saturated carbocycles. The van der Waals surface area contributed by atoms with Crippen molar-refractivity contribution in [2.45, 2.75) is 13.1 Å². The van der Waals surface area contributed by atoms with Gasteiger partial charge in [0, 0.05) is 5.69 Å². The van der Waals surface area contributed by atoms with Gasteiger partial charge in [-0.15, -0.1) is 0 Å². The van der Waals surface area contributed by atoms with Gasteiger partial charge in [0.1, 0.15) is 5.69 Å². The fourth-order valence-corrected chi connectivity index (χ4v) is 2.16. The Morgan fingerprint density at radius 1 is 1.17 bits per heavy atom. The van der Waals surface area contributed by atoms with E-state index < -0.39 is 23.7 Å². The molecular weight excluding hydrogens is 347 g/mol. The summed E-state index contributed by atoms with van der Waals surface area (Å²) >= 11 is 5.80. The molecule has 0 bridgehead atoms. The van der Waals surface area contributed by atoms with Gasteiger partial charge >= 0.3 is 6.18 Å². The molecule has 1 aromatic carbocycles. The number of benzene rings is 1. The van der Waals surface area contributed by atoms with Gasteiger partial charge < -0.3 is 11.1 Å². The van der Waals surface area contributed by atoms with Crippen LogP contribution < -0.4 is 11.1 Å². The Kier molecular flexibility index (Phi) is 4.79. The minimum atomic E-state index is -4.59. The lowest BCUT2D eigenvalue weighted by Crippen LogP contribution is -2.17. The fourth-order valence-electron chi connectivity index (χ4n) is 1.95. The summed E-state index contributed by atoms with van der Waals surface area (Å²) < 4.78 is 37.8. The van der Waals surface area contributed by atoms with E-state index in [0.29, 0.717) is 0 Å². The molecule has 1 heterocycles. The van der Waals surface area contributed by atoms with Crippen LogP contribution in [0.3, 0.4) is 0 Å². The van der Waals surface area contributed by atoms with Gasteiger partial charge in [-0.2, -0.15) is 13.2 Å². The molecule has 0 spiro atoms. The molecule has 24 heavy (non-hydrogen) atoms. The number of aryl methyl sites for hydroxylation is 1. The summed E-state index contributed by atoms with van der Waals surface area (Å²) in [4.78, 5) is 26.8. The van der Waals surface area contributed by atoms with E-state index in [9.17, 15) is 22.8 Å². The number of rotatable bonds is 3. The van der Waals surface area contributed by atoms with Gasteiger partial charge in [0.2, 0.25) is 5.91 Å². The van der Waals surface area contributed by atoms with Crippen LogP contribution in [0.15, 0.2) is 30.3 Å². The molecule has 126 valence electrons. The Balaban J connectivity index is 2.28. The molecule has 5 nitrogen and oxygen atoms in total. The summed E-state index contributed by atoms with van der Waals surface area (Å²) in [5, 5.41) is 2.57. The zero-order valence-corrected chi connectivity index (χ0v) is 13.0. The molecule has 0 saturated heterocycles. The highest BCUT2D eigenvalue weighted by molar-refractivity contribution is 6.34. The quantitative estimate of drug-likeness (QED) is 0.882. The summed E-state index contributed by atoms with van der Waals surface area (Å²) in [6, 6.07) is 5.83. The molecule has 2 amide bonds. The number of anilines is 1. The first-order chi connectivity index (χ1) is 11.1. The second-order valence-corrected chi connectivity index (χ2v) is 5.25. The van der Waals surface area contributed by atoms with Crippen molar-refractivity contribution in [3.8, 4) is 0 Å². The molecule has 0 aliphatic carbocycles. The van der Waals surface area contributed by atoms with E-state index in [0.717, 1.165) is 12.1 Å². The van der Waals surface area contributed by atoms with Crippen LogP contribution in [0.4, 0.5) is 18.9 Å². The number of carbonyl (C=O) groups is 2. The molecule has 2 aromatic rings. The normalized spacial score (nSPS) is 11.2. The number of carbonyl (C=O) groups excluding carboxylic acids is 2. The average Bonchev–Trinajstić information content (AvgIpc) is 2.47. The number of nitrogens with zero attached hydrogens (tertiary/aromatic N) is 1. The van der Waals surface area contributed by atoms with Crippen molar-refractivity contribution in [2.75, 3.05) is 5.32 Å². The van der Waals surface area contributed by atoms with Crippen LogP contribution in [-0.2, 0) is 6.18 Å². The van der Waals surface area contributed by atoms with Crippen molar-refractivity contribution in [3.63, 3.8) is 0 Å². The maximum Gasteiger partial charge on any atom is 0.433 e. The third-order valence-corrected chi connectivity index (χ3v) is 3.44. The Bertz CT molecular complexity index is 822. The van der Waals surface area contributed by atoms with Crippen molar-refractivity contribution < 1.29 is 22.8 Å². The van der Waals surface area contributed by atoms with E-state index in [1.807, 2.05) is 0 Å². The number of alkyl halides is 3. The van der Waals surface area contributed by atoms with E-state index in [-0.39, 0.29) is 27.5 Å². The lowest BCUT2D eigenvalue weighted by Gasteiger charge is -2.11. The van der Waals surface area contributed by atoms with Crippen LogP contribution >= 0.6 is 11.6 Å². The first-order valence-electron chi connectivity index (χ1n) is 6.55. The number of halogens is 4. The van der Waals surface area contributed by atoms with Gasteiger partial charge in [0.05, 0.1) is 21.8 Å². The van der Waals surface area contributed by atoms with Crippen LogP contribution in [0.1, 0.15) is 32.1 Å². The number of amides is 2. The summed E-state index contributed by atoms with van der Waals surface area (Å²) in [6.07, 6.45) is -4.59. The second-order valence-electron chi connectivity index (χ2n) is 4.84. The Hall–Kier alpha value is -2.61. The van der Waals surface area contributed by atoms with E-state index in [4.69, 9.17) is 17.3 Å². The van der Waals surface area contributed by atoms with E-state index in [1.165, 1.54) is 25.1 Å². The first-order valence-corrected chi connectivity index (χ1v) is 6.93. The maximum atomic E-state index is 12.6. The van der Waals surface area contributed by atoms with Crippen molar-refractivity contribution >= 4 is 29.1 Å². The number of hydrogen-bond acceptors (Lipinski definition) is 3. The van der Waals surface area contributed by atoms with Crippen LogP contribution in [0.25, 0.3) is 0 Å². The Morgan fingerprint density at radius 3 is 2.38 bits per heavy atom. The van der Waals surface area contributed by atoms with E-state index in [1.54, 1.807) is 0 Å². The van der Waals surface area contributed by atoms with Crippen LogP contribution in [0.5, 0.6) is 0 Å². The molecule has 2 rings (SSSR count). The van der Waals surface area contributed by atoms with Crippen LogP contribution in [0.2, 0.25) is 5.02 Å². The van der Waals surface area contributed by atoms with Gasteiger partial charge in [-0.05, 0) is 37.3 Å². The zero-order chi connectivity index (χ0) is 18.1. The van der Waals surface area contributed by atoms with Crippen molar-refractivity contribution in [3.05, 3.63) is 57.9 Å². The molecule has 0 atom stereocenters. The number of primary amides is 1. The summed E-state index contributed by atoms with van der Waals surface area (Å²) in [5.41, 5.74) is 4.19. The largest absolute Gasteiger partial charge is 0.433 e. The second kappa shape index (κ2) is 6.48. The predicted molar refractivity (Wildman–Crippen MR) is 81.9 cm³/mol. The molecule has 0 unspecified atom stereocenters. The lowest BCUT2D eigenvalue weighted by atomic mass is 10.1. The smallest absolute Gasteiger partial charge is 0.366 e. The van der Waals surface area contributed by atoms with Crippen molar-refractivity contribution in [1.29, 1.82) is 0 Å². The standard InChI is InChI=1S/C15H11ClF3N3O2/c1-7-9(3-5-12(21-7)15(17,18)19)14(24)22-8-2-4-11(16)10(6-8)13(20)23/h2-6H,1H3,(H2,20,23)(H,22,24). The molecule has 9 heteroatoms. The summed E-state index contributed by atoms with van der Waals surface area (Å²) in [6.45, 7) is 1.29. The van der Waals surface area contributed by atoms with Crippen LogP contribution in [-0.4, -0.2) is 16.8 Å². The SMILES string of the molecule is Cc1nc(C(F)(F)F)ccc1C(=O)Nc1ccc(Cl)c(C(N)=O)c1. The van der Waals surface area contributed by atoms with Gasteiger partial charge in [-0.1, -0.05) is 11.6 Å². The number of nitrogens with two attached hydrogens (primary N) is 1. The molecule has 0 aliphatic rings. The number of hydrogen-bond donors (Lipinski definition) is 2. The number of nitrogens with one attached hydrogen (secondary N) is 1. The first kappa shape index (κ1) is 17.7. The average molecular weight is 358 g/mol. The Morgan fingerprint density at radius 2 is 1.83 bits per heavy atom. The molecule has 0 aliphatic heterocycles. The molecule has 0 fully saturated rings. The molecular formula is C15H11ClF3N3O2. The van der Waals surface area contributed by atoms with Gasteiger partial charge in [-0.3, -0.25) is 9.59 Å². The fraction of sp³-hybridized carbons (Fsp3) is 0.133. The predicted octanol–water partition coefficient (Wildman–Crippen LogP) is 3.41. The topological polar surface area (TPSA) is 85.1 Å². The molecule has 3 N–H and O–H groups in total. The summed E-state index contributed by atoms with van der Waals surface area (Å²) in [7, 11) is 0. The lowest BCUT2D eigenvalue weighted by molar-refractivity contribution is -0.141. The zero-order valence-electron chi connectivity index (χ0n) is 12.2. The third kappa shape index (κ3) is 3.83. The van der Waals surface area contributed by atoms with E-state index in [2.05, 4.69) is 10.3 Å². The minimum absolute atomic E-state index is 0.0109. The van der Waals surface area contributed by atoms with Crippen molar-refractivity contribution in [2.24, 2.45) is 5.73 Å². The van der Waals surface area contributed by atoms with Crippen LogP contribution in [0, 0.1) is 6.92 Å². The minimum Gasteiger partial charge on any atom is -0.366 e. The Labute approximate surface area is 139 Å². The number of pyridine rings is 1. The molecule has 0 radical (unpaired) electrons. The number of aromatic nitrogens is 1. The van der Waals surface area contributed by atoms with Gasteiger partial charge in [0.25, 0.3) is 5.91 Å². The van der Waals surface area contributed by atoms with E-state index >= 15 is 0 Å². The highest BCUT2D eigenvalue weighted by Gasteiger charge is 2.33. The molecule has 1 aromatic heterocycles. The summed E-state index contributed by atoms with van der Waals surface area (Å²) in [5.74, 6) is -1.45. The monoisotopic (exact) mass is 357 g/mol. The highest BCUT2D eigenvalue weighted by atomic mass is 35.5. The highest BCUT2D eigenvalue weighted by Crippen LogP contribution is 2.28. The van der Waals surface area contributed by atoms with Gasteiger partial charge in [0.15, 0.2) is 0 Å². The van der Waals surface area contributed by atoms with Crippen molar-refractivity contribution in [1.82, 2.24) is 4.98 Å². The van der Waals surface area contributed by atoms with Gasteiger partial charge in [-0.25, -0.2) is 4.98 Å². The maximum absolute atomic E-state index is 12.6. The third-order valence-electron chi connectivity index (χ3n) is 3.11.